The van der Waals surface area contributed by atoms with Crippen LogP contribution in [0.4, 0.5) is 8.78 Å². The van der Waals surface area contributed by atoms with E-state index in [-0.39, 0.29) is 18.6 Å². The molecule has 5 nitrogen and oxygen atoms in total. The van der Waals surface area contributed by atoms with Crippen molar-refractivity contribution >= 4 is 0 Å². The molecule has 2 heterocycles. The average molecular weight is 295 g/mol. The predicted molar refractivity (Wildman–Crippen MR) is 69.6 cm³/mol. The summed E-state index contributed by atoms with van der Waals surface area (Å²) in [7, 11) is 1.66. The van der Waals surface area contributed by atoms with Crippen LogP contribution in [0.15, 0.2) is 22.7 Å². The number of rotatable bonds is 4. The van der Waals surface area contributed by atoms with Crippen LogP contribution in [0, 0.1) is 11.6 Å². The van der Waals surface area contributed by atoms with Gasteiger partial charge in [0.05, 0.1) is 12.1 Å². The van der Waals surface area contributed by atoms with Crippen LogP contribution in [0.5, 0.6) is 0 Å². The van der Waals surface area contributed by atoms with Gasteiger partial charge in [-0.1, -0.05) is 5.16 Å². The molecule has 0 bridgehead atoms. The fraction of sp³-hybridized carbons (Fsp3) is 0.429. The minimum atomic E-state index is -0.617. The fourth-order valence-electron chi connectivity index (χ4n) is 2.45. The largest absolute Gasteiger partial charge is 0.380 e. The van der Waals surface area contributed by atoms with E-state index in [2.05, 4.69) is 15.5 Å². The zero-order valence-corrected chi connectivity index (χ0v) is 11.5. The van der Waals surface area contributed by atoms with Gasteiger partial charge in [0, 0.05) is 26.1 Å². The number of aromatic nitrogens is 2. The number of hydrogen-bond donors (Lipinski definition) is 1. The second kappa shape index (κ2) is 5.87. The molecule has 0 radical (unpaired) electrons. The lowest BCUT2D eigenvalue weighted by molar-refractivity contribution is 0.116. The quantitative estimate of drug-likeness (QED) is 0.934. The van der Waals surface area contributed by atoms with Crippen LogP contribution in [0.3, 0.4) is 0 Å². The molecule has 1 N–H and O–H groups in total. The van der Waals surface area contributed by atoms with E-state index in [1.54, 1.807) is 7.11 Å². The molecule has 0 aliphatic carbocycles. The number of benzene rings is 1. The highest BCUT2D eigenvalue weighted by molar-refractivity contribution is 5.21. The summed E-state index contributed by atoms with van der Waals surface area (Å²) in [6.45, 7) is 0.730. The van der Waals surface area contributed by atoms with Crippen molar-refractivity contribution in [1.29, 1.82) is 0 Å². The molecule has 21 heavy (non-hydrogen) atoms. The Kier molecular flexibility index (Phi) is 3.94. The first-order chi connectivity index (χ1) is 10.1. The number of hydrogen-bond acceptors (Lipinski definition) is 5. The molecule has 1 saturated heterocycles. The highest BCUT2D eigenvalue weighted by Crippen LogP contribution is 2.23. The monoisotopic (exact) mass is 295 g/mol. The molecular weight excluding hydrogens is 280 g/mol. The van der Waals surface area contributed by atoms with Crippen LogP contribution in [0.2, 0.25) is 0 Å². The first-order valence-electron chi connectivity index (χ1n) is 6.67. The van der Waals surface area contributed by atoms with E-state index in [4.69, 9.17) is 9.26 Å². The predicted octanol–water partition coefficient (Wildman–Crippen LogP) is 1.99. The topological polar surface area (TPSA) is 60.2 Å². The number of nitrogens with one attached hydrogen (secondary N) is 1. The van der Waals surface area contributed by atoms with Gasteiger partial charge >= 0.3 is 0 Å². The van der Waals surface area contributed by atoms with Crippen LogP contribution in [0.25, 0.3) is 0 Å². The molecule has 0 amide bonds. The molecule has 1 aliphatic heterocycles. The third-order valence-electron chi connectivity index (χ3n) is 3.49. The van der Waals surface area contributed by atoms with Gasteiger partial charge < -0.3 is 14.6 Å². The highest BCUT2D eigenvalue weighted by atomic mass is 19.1. The minimum Gasteiger partial charge on any atom is -0.380 e. The Labute approximate surface area is 120 Å². The first kappa shape index (κ1) is 14.1. The van der Waals surface area contributed by atoms with E-state index in [9.17, 15) is 8.78 Å². The van der Waals surface area contributed by atoms with Gasteiger partial charge in [-0.2, -0.15) is 4.98 Å². The summed E-state index contributed by atoms with van der Waals surface area (Å²) in [5.41, 5.74) is 0.467. The van der Waals surface area contributed by atoms with Gasteiger partial charge in [0.25, 0.3) is 0 Å². The van der Waals surface area contributed by atoms with E-state index in [0.717, 1.165) is 19.0 Å². The van der Waals surface area contributed by atoms with Crippen LogP contribution < -0.4 is 5.32 Å². The molecule has 1 aliphatic rings. The van der Waals surface area contributed by atoms with E-state index in [0.29, 0.717) is 17.3 Å². The van der Waals surface area contributed by atoms with Crippen molar-refractivity contribution in [3.63, 3.8) is 0 Å². The summed E-state index contributed by atoms with van der Waals surface area (Å²) in [6, 6.07) is 3.31. The third kappa shape index (κ3) is 3.25. The molecule has 0 spiro atoms. The molecule has 1 aromatic carbocycles. The smallest absolute Gasteiger partial charge is 0.243 e. The second-order valence-electron chi connectivity index (χ2n) is 5.06. The highest BCUT2D eigenvalue weighted by Gasteiger charge is 2.29. The first-order valence-corrected chi connectivity index (χ1v) is 6.67. The maximum atomic E-state index is 13.1. The van der Waals surface area contributed by atoms with Gasteiger partial charge in [0.2, 0.25) is 5.89 Å². The van der Waals surface area contributed by atoms with E-state index in [1.807, 2.05) is 0 Å². The van der Waals surface area contributed by atoms with Crippen molar-refractivity contribution in [3.8, 4) is 0 Å². The van der Waals surface area contributed by atoms with Crippen molar-refractivity contribution in [3.05, 3.63) is 47.1 Å². The summed E-state index contributed by atoms with van der Waals surface area (Å²) in [5, 5.41) is 7.08. The lowest BCUT2D eigenvalue weighted by atomic mass is 10.1. The normalized spacial score (nSPS) is 21.9. The Balaban J connectivity index is 1.70. The van der Waals surface area contributed by atoms with E-state index in [1.165, 1.54) is 12.1 Å². The number of nitrogens with zero attached hydrogens (tertiary/aromatic N) is 2. The van der Waals surface area contributed by atoms with Crippen LogP contribution >= 0.6 is 0 Å². The molecule has 0 saturated carbocycles. The summed E-state index contributed by atoms with van der Waals surface area (Å²) in [6.07, 6.45) is 1.10. The Bertz CT molecular complexity index is 612. The Morgan fingerprint density at radius 1 is 1.33 bits per heavy atom. The van der Waals surface area contributed by atoms with Crippen molar-refractivity contribution in [2.45, 2.75) is 25.0 Å². The van der Waals surface area contributed by atoms with Gasteiger partial charge in [0.15, 0.2) is 5.82 Å². The molecule has 1 aromatic heterocycles. The van der Waals surface area contributed by atoms with E-state index < -0.39 is 11.6 Å². The van der Waals surface area contributed by atoms with Gasteiger partial charge in [-0.25, -0.2) is 8.78 Å². The van der Waals surface area contributed by atoms with E-state index >= 15 is 0 Å². The molecule has 7 heteroatoms. The number of halogens is 2. The summed E-state index contributed by atoms with van der Waals surface area (Å²) in [4.78, 5) is 4.27. The van der Waals surface area contributed by atoms with Gasteiger partial charge in [0.1, 0.15) is 11.6 Å². The third-order valence-corrected chi connectivity index (χ3v) is 3.49. The second-order valence-corrected chi connectivity index (χ2v) is 5.06. The van der Waals surface area contributed by atoms with Crippen molar-refractivity contribution in [2.75, 3.05) is 13.7 Å². The molecule has 2 aromatic rings. The lowest BCUT2D eigenvalue weighted by Gasteiger charge is -2.04. The standard InChI is InChI=1S/C14H15F2N3O2/c1-20-11-6-12(17-7-11)14-18-13(19-21-14)4-8-2-9(15)5-10(16)3-8/h2-3,5,11-12,17H,4,6-7H2,1H3/t11-,12+/m0/s1. The summed E-state index contributed by atoms with van der Waals surface area (Å²) < 4.78 is 36.7. The van der Waals surface area contributed by atoms with Crippen molar-refractivity contribution in [1.82, 2.24) is 15.5 Å². The van der Waals surface area contributed by atoms with Crippen LogP contribution in [0.1, 0.15) is 29.7 Å². The maximum Gasteiger partial charge on any atom is 0.243 e. The molecule has 1 fully saturated rings. The molecule has 112 valence electrons. The Hall–Kier alpha value is -1.86. The SMILES string of the molecule is CO[C@@H]1CN[C@@H](c2nc(Cc3cc(F)cc(F)c3)no2)C1. The Morgan fingerprint density at radius 3 is 2.76 bits per heavy atom. The zero-order chi connectivity index (χ0) is 14.8. The van der Waals surface area contributed by atoms with Crippen molar-refractivity contribution in [2.24, 2.45) is 0 Å². The summed E-state index contributed by atoms with van der Waals surface area (Å²) in [5.74, 6) is -0.359. The maximum absolute atomic E-state index is 13.1. The molecule has 0 unspecified atom stereocenters. The van der Waals surface area contributed by atoms with Crippen LogP contribution in [-0.2, 0) is 11.2 Å². The summed E-state index contributed by atoms with van der Waals surface area (Å²) >= 11 is 0. The van der Waals surface area contributed by atoms with Gasteiger partial charge in [-0.3, -0.25) is 0 Å². The number of methoxy groups -OCH3 is 1. The van der Waals surface area contributed by atoms with Crippen LogP contribution in [-0.4, -0.2) is 29.9 Å². The number of ether oxygens (including phenoxy) is 1. The van der Waals surface area contributed by atoms with Gasteiger partial charge in [-0.05, 0) is 24.1 Å². The minimum absolute atomic E-state index is 0.0413. The molecular formula is C14H15F2N3O2. The van der Waals surface area contributed by atoms with Crippen molar-refractivity contribution < 1.29 is 18.0 Å². The average Bonchev–Trinajstić information content (AvgIpc) is 3.05. The molecule has 3 rings (SSSR count). The fourth-order valence-corrected chi connectivity index (χ4v) is 2.45. The van der Waals surface area contributed by atoms with Gasteiger partial charge in [-0.15, -0.1) is 0 Å². The molecule has 2 atom stereocenters. The Morgan fingerprint density at radius 2 is 2.10 bits per heavy atom. The lowest BCUT2D eigenvalue weighted by Crippen LogP contribution is -2.16. The zero-order valence-electron chi connectivity index (χ0n) is 11.5.